The van der Waals surface area contributed by atoms with Crippen LogP contribution in [-0.2, 0) is 28.6 Å². The number of carboxylic acid groups (broad SMARTS) is 1. The summed E-state index contributed by atoms with van der Waals surface area (Å²) >= 11 is 1.50. The van der Waals surface area contributed by atoms with Gasteiger partial charge in [0.05, 0.1) is 38.6 Å². The first-order valence-electron chi connectivity index (χ1n) is 9.03. The Kier molecular flexibility index (Phi) is 18.4. The van der Waals surface area contributed by atoms with Gasteiger partial charge in [-0.05, 0) is 19.1 Å². The second kappa shape index (κ2) is 19.4. The predicted octanol–water partition coefficient (Wildman–Crippen LogP) is 0.277. The average Bonchev–Trinajstić information content (AvgIpc) is 2.63. The van der Waals surface area contributed by atoms with Gasteiger partial charge in [0.2, 0.25) is 11.8 Å². The Morgan fingerprint density at radius 1 is 0.778 bits per heavy atom. The number of carbonyl (C=O) groups excluding carboxylic acids is 2. The van der Waals surface area contributed by atoms with Crippen LogP contribution in [0, 0.1) is 0 Å². The van der Waals surface area contributed by atoms with Crippen LogP contribution in [-0.4, -0.2) is 87.6 Å². The molecular weight excluding hydrogens is 376 g/mol. The normalized spacial score (nSPS) is 10.6. The number of nitrogens with one attached hydrogen (secondary N) is 2. The SMILES string of the molecule is CSCC(=O)NCCCOCCOCCOCCCNC(=O)CCC(=O)O. The first-order chi connectivity index (χ1) is 13.1. The Bertz CT molecular complexity index is 411. The summed E-state index contributed by atoms with van der Waals surface area (Å²) in [7, 11) is 0. The summed E-state index contributed by atoms with van der Waals surface area (Å²) in [5.41, 5.74) is 0. The molecule has 0 aromatic carbocycles. The van der Waals surface area contributed by atoms with Crippen LogP contribution < -0.4 is 10.6 Å². The van der Waals surface area contributed by atoms with Gasteiger partial charge in [-0.15, -0.1) is 0 Å². The van der Waals surface area contributed by atoms with Crippen LogP contribution in [0.1, 0.15) is 25.7 Å². The lowest BCUT2D eigenvalue weighted by atomic mass is 10.3. The summed E-state index contributed by atoms with van der Waals surface area (Å²) in [6, 6.07) is 0. The molecule has 3 N–H and O–H groups in total. The summed E-state index contributed by atoms with van der Waals surface area (Å²) in [5.74, 6) is -0.707. The summed E-state index contributed by atoms with van der Waals surface area (Å²) < 4.78 is 16.1. The van der Waals surface area contributed by atoms with Gasteiger partial charge in [-0.2, -0.15) is 11.8 Å². The first-order valence-corrected chi connectivity index (χ1v) is 10.4. The molecule has 158 valence electrons. The minimum atomic E-state index is -0.978. The lowest BCUT2D eigenvalue weighted by molar-refractivity contribution is -0.138. The first kappa shape index (κ1) is 25.6. The fraction of sp³-hybridized carbons (Fsp3) is 0.824. The molecule has 0 saturated heterocycles. The van der Waals surface area contributed by atoms with E-state index in [1.807, 2.05) is 6.26 Å². The Labute approximate surface area is 164 Å². The molecule has 0 aliphatic heterocycles. The quantitative estimate of drug-likeness (QED) is 0.260. The highest BCUT2D eigenvalue weighted by Crippen LogP contribution is 1.91. The molecule has 0 bridgehead atoms. The maximum atomic E-state index is 11.3. The number of amides is 2. The summed E-state index contributed by atoms with van der Waals surface area (Å²) in [6.07, 6.45) is 3.17. The van der Waals surface area contributed by atoms with Crippen LogP contribution in [0.15, 0.2) is 0 Å². The molecule has 0 aromatic heterocycles. The Morgan fingerprint density at radius 3 is 1.74 bits per heavy atom. The maximum absolute atomic E-state index is 11.3. The van der Waals surface area contributed by atoms with Crippen molar-refractivity contribution in [2.45, 2.75) is 25.7 Å². The van der Waals surface area contributed by atoms with Crippen LogP contribution in [0.2, 0.25) is 0 Å². The zero-order valence-electron chi connectivity index (χ0n) is 16.0. The van der Waals surface area contributed by atoms with Crippen molar-refractivity contribution in [3.05, 3.63) is 0 Å². The van der Waals surface area contributed by atoms with Crippen LogP contribution >= 0.6 is 11.8 Å². The lowest BCUT2D eigenvalue weighted by Crippen LogP contribution is -2.26. The Morgan fingerprint density at radius 2 is 1.26 bits per heavy atom. The van der Waals surface area contributed by atoms with E-state index in [1.165, 1.54) is 11.8 Å². The third-order valence-corrected chi connectivity index (χ3v) is 3.71. The number of aliphatic carboxylic acids is 1. The largest absolute Gasteiger partial charge is 0.481 e. The van der Waals surface area contributed by atoms with Crippen molar-refractivity contribution >= 4 is 29.5 Å². The van der Waals surface area contributed by atoms with Crippen molar-refractivity contribution in [2.75, 3.05) is 64.7 Å². The van der Waals surface area contributed by atoms with Crippen molar-refractivity contribution in [3.63, 3.8) is 0 Å². The summed E-state index contributed by atoms with van der Waals surface area (Å²) in [5, 5.41) is 13.9. The molecule has 0 aromatic rings. The topological polar surface area (TPSA) is 123 Å². The van der Waals surface area contributed by atoms with Gasteiger partial charge in [-0.3, -0.25) is 14.4 Å². The number of hydrogen-bond acceptors (Lipinski definition) is 7. The van der Waals surface area contributed by atoms with E-state index in [0.29, 0.717) is 64.9 Å². The van der Waals surface area contributed by atoms with Gasteiger partial charge in [0, 0.05) is 32.7 Å². The molecule has 0 spiro atoms. The van der Waals surface area contributed by atoms with E-state index in [0.717, 1.165) is 6.42 Å². The number of carbonyl (C=O) groups is 3. The summed E-state index contributed by atoms with van der Waals surface area (Å²) in [4.78, 5) is 32.8. The molecule has 10 heteroatoms. The fourth-order valence-corrected chi connectivity index (χ4v) is 2.20. The maximum Gasteiger partial charge on any atom is 0.303 e. The van der Waals surface area contributed by atoms with Crippen molar-refractivity contribution in [2.24, 2.45) is 0 Å². The third-order valence-electron chi connectivity index (χ3n) is 3.16. The van der Waals surface area contributed by atoms with E-state index in [-0.39, 0.29) is 24.7 Å². The van der Waals surface area contributed by atoms with Gasteiger partial charge < -0.3 is 30.0 Å². The van der Waals surface area contributed by atoms with Crippen LogP contribution in [0.4, 0.5) is 0 Å². The Balaban J connectivity index is 3.16. The van der Waals surface area contributed by atoms with Crippen LogP contribution in [0.3, 0.4) is 0 Å². The molecule has 0 radical (unpaired) electrons. The smallest absolute Gasteiger partial charge is 0.303 e. The van der Waals surface area contributed by atoms with Gasteiger partial charge >= 0.3 is 5.97 Å². The van der Waals surface area contributed by atoms with Gasteiger partial charge in [-0.1, -0.05) is 0 Å². The highest BCUT2D eigenvalue weighted by molar-refractivity contribution is 7.99. The van der Waals surface area contributed by atoms with Gasteiger partial charge in [-0.25, -0.2) is 0 Å². The molecule has 0 fully saturated rings. The molecule has 0 aliphatic carbocycles. The van der Waals surface area contributed by atoms with Gasteiger partial charge in [0.25, 0.3) is 0 Å². The average molecular weight is 409 g/mol. The third kappa shape index (κ3) is 20.8. The van der Waals surface area contributed by atoms with Crippen molar-refractivity contribution in [1.82, 2.24) is 10.6 Å². The number of hydrogen-bond donors (Lipinski definition) is 3. The standard InChI is InChI=1S/C17H32N2O7S/c1-27-14-16(21)19-7-3-9-25-11-13-26-12-10-24-8-2-6-18-15(20)4-5-17(22)23/h2-14H2,1H3,(H,18,20)(H,19,21)(H,22,23). The molecule has 2 amide bonds. The molecular formula is C17H32N2O7S. The molecule has 0 unspecified atom stereocenters. The number of carboxylic acids is 1. The van der Waals surface area contributed by atoms with E-state index in [4.69, 9.17) is 19.3 Å². The van der Waals surface area contributed by atoms with E-state index >= 15 is 0 Å². The second-order valence-electron chi connectivity index (χ2n) is 5.57. The van der Waals surface area contributed by atoms with Crippen LogP contribution in [0.5, 0.6) is 0 Å². The minimum absolute atomic E-state index is 0.00124. The zero-order chi connectivity index (χ0) is 20.2. The Hall–Kier alpha value is -1.36. The van der Waals surface area contributed by atoms with E-state index < -0.39 is 5.97 Å². The predicted molar refractivity (Wildman–Crippen MR) is 103 cm³/mol. The molecule has 0 saturated carbocycles. The van der Waals surface area contributed by atoms with Gasteiger partial charge in [0.15, 0.2) is 0 Å². The number of ether oxygens (including phenoxy) is 3. The van der Waals surface area contributed by atoms with Crippen LogP contribution in [0.25, 0.3) is 0 Å². The summed E-state index contributed by atoms with van der Waals surface area (Å²) in [6.45, 7) is 4.09. The van der Waals surface area contributed by atoms with Crippen molar-refractivity contribution in [3.8, 4) is 0 Å². The molecule has 0 aliphatic rings. The van der Waals surface area contributed by atoms with E-state index in [9.17, 15) is 14.4 Å². The molecule has 0 rings (SSSR count). The number of thioether (sulfide) groups is 1. The monoisotopic (exact) mass is 408 g/mol. The van der Waals surface area contributed by atoms with Crippen molar-refractivity contribution < 1.29 is 33.7 Å². The molecule has 0 atom stereocenters. The minimum Gasteiger partial charge on any atom is -0.481 e. The molecule has 0 heterocycles. The molecule has 27 heavy (non-hydrogen) atoms. The fourth-order valence-electron chi connectivity index (χ4n) is 1.84. The van der Waals surface area contributed by atoms with E-state index in [2.05, 4.69) is 10.6 Å². The number of rotatable bonds is 19. The zero-order valence-corrected chi connectivity index (χ0v) is 16.8. The van der Waals surface area contributed by atoms with E-state index in [1.54, 1.807) is 0 Å². The molecule has 9 nitrogen and oxygen atoms in total. The second-order valence-corrected chi connectivity index (χ2v) is 6.44. The highest BCUT2D eigenvalue weighted by Gasteiger charge is 2.04. The lowest BCUT2D eigenvalue weighted by Gasteiger charge is -2.08. The van der Waals surface area contributed by atoms with Gasteiger partial charge in [0.1, 0.15) is 0 Å². The highest BCUT2D eigenvalue weighted by atomic mass is 32.2. The van der Waals surface area contributed by atoms with Crippen molar-refractivity contribution in [1.29, 1.82) is 0 Å².